The van der Waals surface area contributed by atoms with Crippen LogP contribution in [0.2, 0.25) is 0 Å². The molecule has 6 heteroatoms. The minimum atomic E-state index is -0.427. The molecule has 0 aliphatic carbocycles. The number of anilines is 1. The van der Waals surface area contributed by atoms with E-state index < -0.39 is 5.60 Å². The monoisotopic (exact) mass is 366 g/mol. The number of hydrogen-bond donors (Lipinski definition) is 0. The Kier molecular flexibility index (Phi) is 8.45. The van der Waals surface area contributed by atoms with E-state index >= 15 is 0 Å². The van der Waals surface area contributed by atoms with Gasteiger partial charge in [0.15, 0.2) is 0 Å². The fraction of sp³-hybridized carbons (Fsp3) is 0.533. The molecule has 0 spiro atoms. The summed E-state index contributed by atoms with van der Waals surface area (Å²) in [6.45, 7) is 8.75. The summed E-state index contributed by atoms with van der Waals surface area (Å²) in [6.07, 6.45) is -0.214. The van der Waals surface area contributed by atoms with Crippen molar-refractivity contribution in [3.05, 3.63) is 36.5 Å². The standard InChI is InChI=1S/C15H21N2O2.H2N.Y/c1-15(2,3)19-14(18)17-11-9-16(10-12-17)13-7-5-4-6-8-13;;/h5-8H,9-12H2,1-3H3;1H2;/q2*-1;. The van der Waals surface area contributed by atoms with Gasteiger partial charge in [-0.25, -0.2) is 4.79 Å². The molecule has 1 saturated heterocycles. The van der Waals surface area contributed by atoms with E-state index in [0.717, 1.165) is 13.1 Å². The molecule has 2 rings (SSSR count). The second-order valence-corrected chi connectivity index (χ2v) is 5.71. The fourth-order valence-electron chi connectivity index (χ4n) is 2.06. The first kappa shape index (κ1) is 20.4. The van der Waals surface area contributed by atoms with Crippen LogP contribution in [0, 0.1) is 6.07 Å². The molecule has 1 radical (unpaired) electrons. The first-order valence-corrected chi connectivity index (χ1v) is 6.65. The molecule has 0 atom stereocenters. The predicted molar refractivity (Wildman–Crippen MR) is 80.6 cm³/mol. The number of carbonyl (C=O) groups excluding carboxylic acids is 1. The van der Waals surface area contributed by atoms with E-state index in [1.807, 2.05) is 45.0 Å². The van der Waals surface area contributed by atoms with Crippen molar-refractivity contribution in [2.45, 2.75) is 26.4 Å². The minimum absolute atomic E-state index is 0. The zero-order chi connectivity index (χ0) is 13.9. The third kappa shape index (κ3) is 6.33. The number of nitrogens with two attached hydrogens (primary N) is 1. The first-order valence-electron chi connectivity index (χ1n) is 6.65. The molecule has 1 aliphatic rings. The van der Waals surface area contributed by atoms with Crippen molar-refractivity contribution in [1.82, 2.24) is 4.90 Å². The molecule has 1 fully saturated rings. The average molecular weight is 366 g/mol. The van der Waals surface area contributed by atoms with Gasteiger partial charge in [-0.15, -0.1) is 12.1 Å². The third-order valence-corrected chi connectivity index (χ3v) is 3.00. The number of benzene rings is 1. The van der Waals surface area contributed by atoms with Crippen LogP contribution < -0.4 is 4.90 Å². The Morgan fingerprint density at radius 1 is 1.14 bits per heavy atom. The van der Waals surface area contributed by atoms with Crippen molar-refractivity contribution in [2.75, 3.05) is 31.1 Å². The maximum absolute atomic E-state index is 11.9. The summed E-state index contributed by atoms with van der Waals surface area (Å²) in [6, 6.07) is 10.9. The maximum atomic E-state index is 11.9. The summed E-state index contributed by atoms with van der Waals surface area (Å²) in [5, 5.41) is 0. The van der Waals surface area contributed by atoms with Crippen LogP contribution in [0.3, 0.4) is 0 Å². The summed E-state index contributed by atoms with van der Waals surface area (Å²) in [5.41, 5.74) is 0.756. The van der Waals surface area contributed by atoms with Crippen molar-refractivity contribution in [2.24, 2.45) is 0 Å². The van der Waals surface area contributed by atoms with Gasteiger partial charge in [0.1, 0.15) is 5.60 Å². The molecule has 1 aliphatic heterocycles. The molecule has 21 heavy (non-hydrogen) atoms. The van der Waals surface area contributed by atoms with Crippen molar-refractivity contribution in [3.63, 3.8) is 0 Å². The largest absolute Gasteiger partial charge is 0.693 e. The van der Waals surface area contributed by atoms with Gasteiger partial charge in [-0.05, 0) is 20.8 Å². The van der Waals surface area contributed by atoms with Crippen LogP contribution in [-0.2, 0) is 37.4 Å². The zero-order valence-electron chi connectivity index (χ0n) is 13.0. The van der Waals surface area contributed by atoms with Crippen LogP contribution in [0.15, 0.2) is 24.3 Å². The van der Waals surface area contributed by atoms with E-state index in [-0.39, 0.29) is 45.0 Å². The molecule has 1 amide bonds. The topological polar surface area (TPSA) is 66.3 Å². The van der Waals surface area contributed by atoms with E-state index in [0.29, 0.717) is 13.1 Å². The molecule has 1 heterocycles. The van der Waals surface area contributed by atoms with Gasteiger partial charge in [0.25, 0.3) is 0 Å². The SMILES string of the molecule is CC(C)(C)OC(=O)N1CCN(c2cc[c-]cc2)CC1.[NH2-].[Y]. The number of carbonyl (C=O) groups is 1. The minimum Gasteiger partial charge on any atom is -0.693 e. The van der Waals surface area contributed by atoms with Crippen LogP contribution in [0.5, 0.6) is 0 Å². The van der Waals surface area contributed by atoms with Crippen LogP contribution in [0.1, 0.15) is 20.8 Å². The number of amides is 1. The van der Waals surface area contributed by atoms with Gasteiger partial charge in [-0.3, -0.25) is 0 Å². The van der Waals surface area contributed by atoms with Gasteiger partial charge < -0.3 is 20.7 Å². The Hall–Kier alpha value is -0.646. The molecule has 0 bridgehead atoms. The van der Waals surface area contributed by atoms with Gasteiger partial charge in [0.05, 0.1) is 0 Å². The van der Waals surface area contributed by atoms with E-state index in [4.69, 9.17) is 4.74 Å². The Labute approximate surface area is 152 Å². The molecule has 5 nitrogen and oxygen atoms in total. The number of rotatable bonds is 1. The zero-order valence-corrected chi connectivity index (χ0v) is 15.8. The number of hydrogen-bond acceptors (Lipinski definition) is 3. The summed E-state index contributed by atoms with van der Waals surface area (Å²) in [5.74, 6) is 0. The van der Waals surface area contributed by atoms with Crippen LogP contribution >= 0.6 is 0 Å². The van der Waals surface area contributed by atoms with E-state index in [9.17, 15) is 4.79 Å². The third-order valence-electron chi connectivity index (χ3n) is 3.00. The molecular weight excluding hydrogens is 343 g/mol. The molecule has 0 unspecified atom stereocenters. The van der Waals surface area contributed by atoms with Crippen molar-refractivity contribution in [1.29, 1.82) is 0 Å². The smallest absolute Gasteiger partial charge is 0.410 e. The summed E-state index contributed by atoms with van der Waals surface area (Å²) >= 11 is 0. The number of piperazine rings is 1. The summed E-state index contributed by atoms with van der Waals surface area (Å²) < 4.78 is 5.38. The molecule has 0 saturated carbocycles. The van der Waals surface area contributed by atoms with Gasteiger partial charge in [0, 0.05) is 58.9 Å². The van der Waals surface area contributed by atoms with Gasteiger partial charge in [-0.1, -0.05) is 5.69 Å². The second-order valence-electron chi connectivity index (χ2n) is 5.71. The molecule has 2 N–H and O–H groups in total. The Balaban J connectivity index is 0.00000200. The van der Waals surface area contributed by atoms with Gasteiger partial charge in [0.2, 0.25) is 0 Å². The fourth-order valence-corrected chi connectivity index (χ4v) is 2.06. The number of ether oxygens (including phenoxy) is 1. The summed E-state index contributed by atoms with van der Waals surface area (Å²) in [7, 11) is 0. The van der Waals surface area contributed by atoms with E-state index in [1.54, 1.807) is 4.90 Å². The van der Waals surface area contributed by atoms with E-state index in [2.05, 4.69) is 11.0 Å². The Bertz CT molecular complexity index is 426. The van der Waals surface area contributed by atoms with Crippen molar-refractivity contribution in [3.8, 4) is 0 Å². The van der Waals surface area contributed by atoms with Crippen LogP contribution in [0.4, 0.5) is 10.5 Å². The van der Waals surface area contributed by atoms with Crippen LogP contribution in [0.25, 0.3) is 6.15 Å². The van der Waals surface area contributed by atoms with Gasteiger partial charge in [-0.2, -0.15) is 18.2 Å². The normalized spacial score (nSPS) is 14.8. The summed E-state index contributed by atoms with van der Waals surface area (Å²) in [4.78, 5) is 16.0. The second kappa shape index (κ2) is 8.71. The van der Waals surface area contributed by atoms with E-state index in [1.165, 1.54) is 5.69 Å². The van der Waals surface area contributed by atoms with Gasteiger partial charge >= 0.3 is 6.09 Å². The maximum Gasteiger partial charge on any atom is 0.410 e. The molecule has 115 valence electrons. The van der Waals surface area contributed by atoms with Crippen molar-refractivity contribution >= 4 is 11.8 Å². The first-order chi connectivity index (χ1) is 8.96. The Morgan fingerprint density at radius 3 is 2.14 bits per heavy atom. The Morgan fingerprint density at radius 2 is 1.67 bits per heavy atom. The van der Waals surface area contributed by atoms with Crippen molar-refractivity contribution < 1.29 is 42.2 Å². The number of nitrogens with zero attached hydrogens (tertiary/aromatic N) is 2. The molecule has 1 aromatic rings. The quantitative estimate of drug-likeness (QED) is 0.717. The average Bonchev–Trinajstić information content (AvgIpc) is 2.38. The molecular formula is C15H23N3O2Y-2. The molecule has 1 aromatic carbocycles. The predicted octanol–water partition coefficient (Wildman–Crippen LogP) is 3.26. The molecule has 0 aromatic heterocycles. The van der Waals surface area contributed by atoms with Crippen LogP contribution in [-0.4, -0.2) is 42.8 Å².